The maximum absolute atomic E-state index is 14.5. The average Bonchev–Trinajstić information content (AvgIpc) is 4.36. The molecule has 23 nitrogen and oxygen atoms in total. The lowest BCUT2D eigenvalue weighted by Gasteiger charge is -2.28. The zero-order chi connectivity index (χ0) is 58.2. The molecule has 6 amide bonds. The van der Waals surface area contributed by atoms with E-state index >= 15 is 0 Å². The number of nitrogens with zero attached hydrogens (tertiary/aromatic N) is 1. The van der Waals surface area contributed by atoms with Crippen molar-refractivity contribution in [1.82, 2.24) is 36.8 Å². The summed E-state index contributed by atoms with van der Waals surface area (Å²) in [6, 6.07) is 6.19. The van der Waals surface area contributed by atoms with Crippen molar-refractivity contribution < 1.29 is 70.5 Å². The van der Waals surface area contributed by atoms with Gasteiger partial charge in [0.15, 0.2) is 11.6 Å². The first-order valence-corrected chi connectivity index (χ1v) is 29.6. The molecular weight excluding hydrogens is 1070 g/mol. The minimum atomic E-state index is -4.03. The van der Waals surface area contributed by atoms with Gasteiger partial charge in [-0.05, 0) is 126 Å². The van der Waals surface area contributed by atoms with Crippen molar-refractivity contribution in [3.63, 3.8) is 0 Å². The number of carbonyl (C=O) groups is 8. The van der Waals surface area contributed by atoms with Gasteiger partial charge < -0.3 is 55.6 Å². The van der Waals surface area contributed by atoms with Crippen LogP contribution in [-0.4, -0.2) is 174 Å². The minimum Gasteiger partial charge on any atom is -0.497 e. The average molecular weight is 1150 g/mol. The summed E-state index contributed by atoms with van der Waals surface area (Å²) in [5.74, 6) is -3.50. The number of Topliss-reactive ketones (excluding diaryl/α,β-unsaturated/α-hetero) is 2. The molecule has 0 spiro atoms. The van der Waals surface area contributed by atoms with Crippen LogP contribution in [0.3, 0.4) is 0 Å². The van der Waals surface area contributed by atoms with Gasteiger partial charge >= 0.3 is 0 Å². The molecule has 2 unspecified atom stereocenters. The van der Waals surface area contributed by atoms with Crippen LogP contribution < -0.4 is 41.8 Å². The second-order valence-electron chi connectivity index (χ2n) is 22.9. The molecule has 6 aliphatic rings. The molecule has 8 N–H and O–H groups in total. The Balaban J connectivity index is 0.960. The molecule has 81 heavy (non-hydrogen) atoms. The fraction of sp³-hybridized carbons (Fsp3) is 0.614. The number of rotatable bonds is 28. The van der Waals surface area contributed by atoms with Crippen molar-refractivity contribution in [3.8, 4) is 5.75 Å². The Bertz CT molecular complexity index is 2810. The summed E-state index contributed by atoms with van der Waals surface area (Å²) in [5.41, 5.74) is 1.23. The summed E-state index contributed by atoms with van der Waals surface area (Å²) in [4.78, 5) is 112. The van der Waals surface area contributed by atoms with Crippen molar-refractivity contribution >= 4 is 57.0 Å². The molecule has 2 aromatic rings. The van der Waals surface area contributed by atoms with Crippen LogP contribution in [0.4, 0.5) is 0 Å². The van der Waals surface area contributed by atoms with Gasteiger partial charge in [-0.1, -0.05) is 35.4 Å². The largest absolute Gasteiger partial charge is 0.497 e. The highest BCUT2D eigenvalue weighted by Crippen LogP contribution is 2.46. The molecule has 4 heterocycles. The molecule has 1 saturated carbocycles. The van der Waals surface area contributed by atoms with Gasteiger partial charge in [0.1, 0.15) is 41.1 Å². The number of carbonyl (C=O) groups excluding carboxylic acids is 8. The Morgan fingerprint density at radius 1 is 0.679 bits per heavy atom. The minimum absolute atomic E-state index is 0.0334. The van der Waals surface area contributed by atoms with Crippen LogP contribution >= 0.6 is 0 Å². The van der Waals surface area contributed by atoms with Crippen LogP contribution in [0.1, 0.15) is 90.2 Å². The summed E-state index contributed by atoms with van der Waals surface area (Å²) in [6.07, 6.45) is 4.95. The lowest BCUT2D eigenvalue weighted by atomic mass is 9.86. The predicted molar refractivity (Wildman–Crippen MR) is 292 cm³/mol. The van der Waals surface area contributed by atoms with E-state index in [0.29, 0.717) is 56.0 Å². The topological polar surface area (TPSA) is 325 Å². The number of ketones is 2. The Labute approximate surface area is 472 Å². The van der Waals surface area contributed by atoms with Gasteiger partial charge in [0.2, 0.25) is 45.5 Å². The standard InChI is InChI=1S/C57H78N8O15S/c1-33(59-48(66)28-65-19-21-77-22-20-65)51(69)63-47(25-36-12-17-42(18-13-36)81(58,74)75)54(72)61-44(49(67)56(3)31-79-56)26-37-9-14-39(23-37)43-8-6-7-38(43)27-45(50(68)57(4)32-80-57)62-55(73)46(24-35-10-15-41(76-5)16-11-35)64-52(70)34(2)60-53(71)40-29-78-30-40/h10-13,15-18,33-34,37,39-40,44-47H,6-9,14,19-32H2,1-5H3,(H,59,66)(H,60,71)(H,61,72)(H,62,73)(H,63,69)(H,64,70)(H2,58,74,75)/t33-,34+,37?,39?,44-,45-,46-,47-,56+,57+/m0/s1. The van der Waals surface area contributed by atoms with Gasteiger partial charge in [-0.25, -0.2) is 13.6 Å². The van der Waals surface area contributed by atoms with Crippen LogP contribution in [0.15, 0.2) is 64.6 Å². The van der Waals surface area contributed by atoms with Gasteiger partial charge in [-0.15, -0.1) is 0 Å². The second kappa shape index (κ2) is 26.4. The predicted octanol–water partition coefficient (Wildman–Crippen LogP) is 0.448. The number of hydrogen-bond donors (Lipinski definition) is 7. The number of hydrogen-bond acceptors (Lipinski definition) is 16. The smallest absolute Gasteiger partial charge is 0.243 e. The van der Waals surface area contributed by atoms with Crippen molar-refractivity contribution in [3.05, 3.63) is 70.8 Å². The van der Waals surface area contributed by atoms with Gasteiger partial charge in [0.05, 0.1) is 76.2 Å². The molecule has 8 rings (SSSR count). The number of ether oxygens (including phenoxy) is 5. The van der Waals surface area contributed by atoms with E-state index in [2.05, 4.69) is 31.9 Å². The zero-order valence-corrected chi connectivity index (χ0v) is 47.6. The Kier molecular flexibility index (Phi) is 19.9. The highest BCUT2D eigenvalue weighted by atomic mass is 32.2. The molecule has 2 aliphatic carbocycles. The summed E-state index contributed by atoms with van der Waals surface area (Å²) >= 11 is 0. The van der Waals surface area contributed by atoms with Crippen LogP contribution in [0.5, 0.6) is 5.75 Å². The lowest BCUT2D eigenvalue weighted by Crippen LogP contribution is -2.57. The SMILES string of the molecule is COc1ccc(C[C@H](NC(=O)[C@@H](C)NC(=O)C2COC2)C(=O)N[C@@H](CC2=C(C3CCC(C[C@H](NC(=O)[C@H](Cc4ccc(S(N)(=O)=O)cc4)NC(=O)[C@H](C)NC(=O)CN4CCOCC4)C(=O)[C@@]4(C)CO4)C3)CCC2)C(=O)[C@@]2(C)CO2)cc1. The molecule has 2 aromatic carbocycles. The van der Waals surface area contributed by atoms with Gasteiger partial charge in [-0.2, -0.15) is 0 Å². The first-order chi connectivity index (χ1) is 38.5. The molecule has 0 aromatic heterocycles. The molecule has 442 valence electrons. The van der Waals surface area contributed by atoms with Crippen LogP contribution in [0.2, 0.25) is 0 Å². The number of amides is 6. The monoisotopic (exact) mass is 1150 g/mol. The number of epoxide rings is 2. The number of primary sulfonamides is 1. The van der Waals surface area contributed by atoms with Crippen molar-refractivity contribution in [2.75, 3.05) is 66.4 Å². The summed E-state index contributed by atoms with van der Waals surface area (Å²) in [5, 5.41) is 22.3. The van der Waals surface area contributed by atoms with E-state index in [1.54, 1.807) is 38.1 Å². The number of morpholine rings is 1. The van der Waals surface area contributed by atoms with Gasteiger partial charge in [0.25, 0.3) is 0 Å². The first kappa shape index (κ1) is 60.9. The number of sulfonamides is 1. The number of benzene rings is 2. The first-order valence-electron chi connectivity index (χ1n) is 28.0. The molecule has 24 heteroatoms. The van der Waals surface area contributed by atoms with Crippen molar-refractivity contribution in [2.24, 2.45) is 22.9 Å². The summed E-state index contributed by atoms with van der Waals surface area (Å²) in [7, 11) is -2.49. The van der Waals surface area contributed by atoms with Crippen molar-refractivity contribution in [2.45, 2.75) is 144 Å². The summed E-state index contributed by atoms with van der Waals surface area (Å²) < 4.78 is 51.2. The van der Waals surface area contributed by atoms with E-state index < -0.39 is 81.1 Å². The van der Waals surface area contributed by atoms with Gasteiger partial charge in [-0.3, -0.25) is 43.3 Å². The number of nitrogens with two attached hydrogens (primary N) is 1. The number of allylic oxidation sites excluding steroid dienone is 1. The van der Waals surface area contributed by atoms with E-state index in [0.717, 1.165) is 31.3 Å². The molecule has 10 atom stereocenters. The molecule has 4 saturated heterocycles. The second-order valence-corrected chi connectivity index (χ2v) is 24.5. The van der Waals surface area contributed by atoms with E-state index in [4.69, 9.17) is 28.8 Å². The Morgan fingerprint density at radius 3 is 1.74 bits per heavy atom. The zero-order valence-electron chi connectivity index (χ0n) is 46.8. The normalized spacial score (nSPS) is 24.9. The van der Waals surface area contributed by atoms with E-state index in [-0.39, 0.29) is 105 Å². The highest BCUT2D eigenvalue weighted by molar-refractivity contribution is 7.89. The molecular formula is C57H78N8O15S. The third kappa shape index (κ3) is 16.3. The fourth-order valence-electron chi connectivity index (χ4n) is 11.1. The van der Waals surface area contributed by atoms with E-state index in [1.165, 1.54) is 50.8 Å². The van der Waals surface area contributed by atoms with E-state index in [9.17, 15) is 46.8 Å². The quantitative estimate of drug-likeness (QED) is 0.0449. The third-order valence-corrected chi connectivity index (χ3v) is 17.4. The Morgan fingerprint density at radius 2 is 1.21 bits per heavy atom. The maximum atomic E-state index is 14.5. The maximum Gasteiger partial charge on any atom is 0.243 e. The van der Waals surface area contributed by atoms with E-state index in [1.807, 2.05) is 4.90 Å². The Hall–Kier alpha value is -6.15. The molecule has 5 fully saturated rings. The molecule has 0 bridgehead atoms. The van der Waals surface area contributed by atoms with Crippen LogP contribution in [0, 0.1) is 17.8 Å². The molecule has 0 radical (unpaired) electrons. The van der Waals surface area contributed by atoms with Crippen molar-refractivity contribution in [1.29, 1.82) is 0 Å². The fourth-order valence-corrected chi connectivity index (χ4v) is 11.6. The highest BCUT2D eigenvalue weighted by Gasteiger charge is 2.52. The van der Waals surface area contributed by atoms with Crippen LogP contribution in [0.25, 0.3) is 0 Å². The van der Waals surface area contributed by atoms with Gasteiger partial charge in [0, 0.05) is 25.9 Å². The lowest BCUT2D eigenvalue weighted by molar-refractivity contribution is -0.142. The van der Waals surface area contributed by atoms with Crippen LogP contribution in [-0.2, 0) is 80.2 Å². The molecule has 4 aliphatic heterocycles. The number of nitrogens with one attached hydrogen (secondary N) is 6. The summed E-state index contributed by atoms with van der Waals surface area (Å²) in [6.45, 7) is 9.42. The number of methoxy groups -OCH3 is 1. The third-order valence-electron chi connectivity index (χ3n) is 16.5.